The molecule has 5 nitrogen and oxygen atoms in total. The summed E-state index contributed by atoms with van der Waals surface area (Å²) < 4.78 is 1.18. The second-order valence-electron chi connectivity index (χ2n) is 6.43. The summed E-state index contributed by atoms with van der Waals surface area (Å²) in [7, 11) is 0. The molecule has 0 spiro atoms. The van der Waals surface area contributed by atoms with Gasteiger partial charge in [-0.1, -0.05) is 6.92 Å². The van der Waals surface area contributed by atoms with Crippen molar-refractivity contribution in [2.24, 2.45) is 0 Å². The predicted molar refractivity (Wildman–Crippen MR) is 115 cm³/mol. The SMILES string of the molecule is CCc1nc2ccc(Nc3nc(-c4ccncc4)cc4ncccc34)cc2s1. The highest BCUT2D eigenvalue weighted by Gasteiger charge is 2.10. The third-order valence-corrected chi connectivity index (χ3v) is 5.74. The first-order valence-corrected chi connectivity index (χ1v) is 9.94. The fourth-order valence-corrected chi connectivity index (χ4v) is 4.13. The van der Waals surface area contributed by atoms with Gasteiger partial charge in [-0.2, -0.15) is 0 Å². The smallest absolute Gasteiger partial charge is 0.140 e. The van der Waals surface area contributed by atoms with Crippen LogP contribution in [0.15, 0.2) is 67.1 Å². The second kappa shape index (κ2) is 6.98. The van der Waals surface area contributed by atoms with Crippen LogP contribution in [0.2, 0.25) is 0 Å². The molecule has 0 radical (unpaired) electrons. The van der Waals surface area contributed by atoms with E-state index in [1.54, 1.807) is 29.9 Å². The van der Waals surface area contributed by atoms with E-state index in [9.17, 15) is 0 Å². The Labute approximate surface area is 166 Å². The van der Waals surface area contributed by atoms with Gasteiger partial charge in [-0.25, -0.2) is 9.97 Å². The van der Waals surface area contributed by atoms with Crippen LogP contribution in [-0.4, -0.2) is 19.9 Å². The highest BCUT2D eigenvalue weighted by atomic mass is 32.1. The minimum absolute atomic E-state index is 0.789. The van der Waals surface area contributed by atoms with Gasteiger partial charge in [-0.05, 0) is 55.0 Å². The third-order valence-electron chi connectivity index (χ3n) is 4.57. The molecule has 1 aromatic carbocycles. The largest absolute Gasteiger partial charge is 0.340 e. The molecule has 5 rings (SSSR count). The zero-order valence-electron chi connectivity index (χ0n) is 15.3. The van der Waals surface area contributed by atoms with Crippen molar-refractivity contribution < 1.29 is 0 Å². The average molecular weight is 383 g/mol. The Balaban J connectivity index is 1.61. The summed E-state index contributed by atoms with van der Waals surface area (Å²) in [6.07, 6.45) is 6.30. The van der Waals surface area contributed by atoms with E-state index in [1.807, 2.05) is 36.4 Å². The van der Waals surface area contributed by atoms with E-state index in [0.29, 0.717) is 0 Å². The molecule has 0 saturated heterocycles. The Morgan fingerprint density at radius 3 is 2.68 bits per heavy atom. The standard InChI is InChI=1S/C22H17N5S/c1-2-21-26-17-6-5-15(12-20(17)28-21)25-22-16-4-3-9-24-19(16)13-18(27-22)14-7-10-23-11-8-14/h3-13H,2H2,1H3,(H,25,27). The zero-order valence-corrected chi connectivity index (χ0v) is 16.1. The molecule has 4 aromatic heterocycles. The second-order valence-corrected chi connectivity index (χ2v) is 7.55. The molecule has 0 bridgehead atoms. The van der Waals surface area contributed by atoms with Gasteiger partial charge in [0.25, 0.3) is 0 Å². The van der Waals surface area contributed by atoms with Crippen molar-refractivity contribution in [3.8, 4) is 11.3 Å². The Hall–Kier alpha value is -3.38. The minimum atomic E-state index is 0.789. The van der Waals surface area contributed by atoms with E-state index in [-0.39, 0.29) is 0 Å². The van der Waals surface area contributed by atoms with Crippen LogP contribution >= 0.6 is 11.3 Å². The molecule has 0 aliphatic heterocycles. The average Bonchev–Trinajstić information content (AvgIpc) is 3.17. The van der Waals surface area contributed by atoms with Crippen molar-refractivity contribution in [3.05, 3.63) is 72.1 Å². The molecular weight excluding hydrogens is 366 g/mol. The summed E-state index contributed by atoms with van der Waals surface area (Å²) in [5.41, 5.74) is 4.80. The zero-order chi connectivity index (χ0) is 18.9. The van der Waals surface area contributed by atoms with Crippen molar-refractivity contribution in [1.82, 2.24) is 19.9 Å². The number of thiazole rings is 1. The first-order chi connectivity index (χ1) is 13.8. The molecule has 4 heterocycles. The van der Waals surface area contributed by atoms with Gasteiger partial charge in [0.05, 0.1) is 26.4 Å². The van der Waals surface area contributed by atoms with Gasteiger partial charge in [-0.15, -0.1) is 11.3 Å². The molecule has 6 heteroatoms. The van der Waals surface area contributed by atoms with Crippen molar-refractivity contribution in [2.45, 2.75) is 13.3 Å². The molecule has 5 aromatic rings. The molecule has 136 valence electrons. The quantitative estimate of drug-likeness (QED) is 0.437. The first-order valence-electron chi connectivity index (χ1n) is 9.13. The number of aromatic nitrogens is 4. The fraction of sp³-hybridized carbons (Fsp3) is 0.0909. The summed E-state index contributed by atoms with van der Waals surface area (Å²) in [6, 6.07) is 16.1. The number of hydrogen-bond acceptors (Lipinski definition) is 6. The maximum absolute atomic E-state index is 4.88. The van der Waals surface area contributed by atoms with Gasteiger partial charge in [0.15, 0.2) is 0 Å². The highest BCUT2D eigenvalue weighted by Crippen LogP contribution is 2.31. The van der Waals surface area contributed by atoms with Crippen LogP contribution in [-0.2, 0) is 6.42 Å². The van der Waals surface area contributed by atoms with E-state index in [2.05, 4.69) is 39.3 Å². The van der Waals surface area contributed by atoms with E-state index >= 15 is 0 Å². The predicted octanol–water partition coefficient (Wildman–Crippen LogP) is 5.61. The number of benzene rings is 1. The van der Waals surface area contributed by atoms with Crippen LogP contribution in [0.1, 0.15) is 11.9 Å². The fourth-order valence-electron chi connectivity index (χ4n) is 3.18. The monoisotopic (exact) mass is 383 g/mol. The summed E-state index contributed by atoms with van der Waals surface area (Å²) in [6.45, 7) is 2.13. The number of anilines is 2. The van der Waals surface area contributed by atoms with Gasteiger partial charge >= 0.3 is 0 Å². The van der Waals surface area contributed by atoms with Gasteiger partial charge in [0, 0.05) is 35.2 Å². The van der Waals surface area contributed by atoms with E-state index in [4.69, 9.17) is 4.98 Å². The Morgan fingerprint density at radius 2 is 1.82 bits per heavy atom. The Kier molecular flexibility index (Phi) is 4.18. The summed E-state index contributed by atoms with van der Waals surface area (Å²) in [4.78, 5) is 18.1. The molecule has 1 N–H and O–H groups in total. The molecule has 0 unspecified atom stereocenters. The summed E-state index contributed by atoms with van der Waals surface area (Å²) in [5.74, 6) is 0.789. The van der Waals surface area contributed by atoms with Crippen molar-refractivity contribution in [1.29, 1.82) is 0 Å². The van der Waals surface area contributed by atoms with Crippen molar-refractivity contribution in [2.75, 3.05) is 5.32 Å². The number of aryl methyl sites for hydroxylation is 1. The normalized spacial score (nSPS) is 11.2. The van der Waals surface area contributed by atoms with E-state index in [1.165, 1.54) is 4.70 Å². The van der Waals surface area contributed by atoms with Gasteiger partial charge in [0.1, 0.15) is 5.82 Å². The van der Waals surface area contributed by atoms with E-state index < -0.39 is 0 Å². The van der Waals surface area contributed by atoms with Gasteiger partial charge in [-0.3, -0.25) is 9.97 Å². The molecule has 0 atom stereocenters. The topological polar surface area (TPSA) is 63.6 Å². The van der Waals surface area contributed by atoms with Gasteiger partial charge in [0.2, 0.25) is 0 Å². The van der Waals surface area contributed by atoms with Gasteiger partial charge < -0.3 is 5.32 Å². The lowest BCUT2D eigenvalue weighted by Crippen LogP contribution is -1.97. The molecule has 0 saturated carbocycles. The number of nitrogens with one attached hydrogen (secondary N) is 1. The number of rotatable bonds is 4. The van der Waals surface area contributed by atoms with E-state index in [0.717, 1.165) is 50.6 Å². The summed E-state index contributed by atoms with van der Waals surface area (Å²) in [5, 5.41) is 5.63. The lowest BCUT2D eigenvalue weighted by Gasteiger charge is -2.11. The van der Waals surface area contributed by atoms with Crippen molar-refractivity contribution in [3.63, 3.8) is 0 Å². The van der Waals surface area contributed by atoms with Crippen LogP contribution in [0.3, 0.4) is 0 Å². The first kappa shape index (κ1) is 16.8. The third kappa shape index (κ3) is 3.08. The number of fused-ring (bicyclic) bond motifs is 2. The molecule has 0 amide bonds. The maximum Gasteiger partial charge on any atom is 0.140 e. The Morgan fingerprint density at radius 1 is 0.929 bits per heavy atom. The number of hydrogen-bond donors (Lipinski definition) is 1. The maximum atomic E-state index is 4.88. The molecule has 0 fully saturated rings. The lowest BCUT2D eigenvalue weighted by molar-refractivity contribution is 1.11. The van der Waals surface area contributed by atoms with Crippen LogP contribution < -0.4 is 5.32 Å². The number of nitrogens with zero attached hydrogens (tertiary/aromatic N) is 4. The highest BCUT2D eigenvalue weighted by molar-refractivity contribution is 7.18. The van der Waals surface area contributed by atoms with Crippen LogP contribution in [0.25, 0.3) is 32.4 Å². The summed E-state index contributed by atoms with van der Waals surface area (Å²) >= 11 is 1.73. The van der Waals surface area contributed by atoms with Crippen molar-refractivity contribution >= 4 is 44.0 Å². The molecular formula is C22H17N5S. The number of pyridine rings is 3. The molecule has 28 heavy (non-hydrogen) atoms. The Bertz CT molecular complexity index is 1280. The minimum Gasteiger partial charge on any atom is -0.340 e. The lowest BCUT2D eigenvalue weighted by atomic mass is 10.1. The van der Waals surface area contributed by atoms with Crippen LogP contribution in [0.5, 0.6) is 0 Å². The van der Waals surface area contributed by atoms with Crippen LogP contribution in [0.4, 0.5) is 11.5 Å². The molecule has 0 aliphatic rings. The molecule has 0 aliphatic carbocycles. The van der Waals surface area contributed by atoms with Crippen LogP contribution in [0, 0.1) is 0 Å².